The minimum atomic E-state index is -1.21. The van der Waals surface area contributed by atoms with Crippen LogP contribution in [0.3, 0.4) is 0 Å². The molecule has 3 aromatic heterocycles. The van der Waals surface area contributed by atoms with Crippen molar-refractivity contribution in [2.75, 3.05) is 6.61 Å². The van der Waals surface area contributed by atoms with Crippen molar-refractivity contribution in [2.24, 2.45) is 0 Å². The topological polar surface area (TPSA) is 48.7 Å². The van der Waals surface area contributed by atoms with Gasteiger partial charge in [-0.05, 0) is 48.7 Å². The van der Waals surface area contributed by atoms with Crippen LogP contribution in [0.2, 0.25) is 25.7 Å². The molecule has 0 saturated heterocycles. The predicted octanol–water partition coefficient (Wildman–Crippen LogP) is 7.30. The van der Waals surface area contributed by atoms with E-state index >= 15 is 0 Å². The van der Waals surface area contributed by atoms with Crippen molar-refractivity contribution < 1.29 is 9.13 Å². The van der Waals surface area contributed by atoms with E-state index in [4.69, 9.17) is 16.4 Å². The molecule has 3 heterocycles. The number of nitrogens with zero attached hydrogens (tertiary/aromatic N) is 5. The Morgan fingerprint density at radius 3 is 2.54 bits per heavy atom. The molecule has 0 fully saturated rings. The van der Waals surface area contributed by atoms with Crippen LogP contribution in [0.15, 0.2) is 42.7 Å². The van der Waals surface area contributed by atoms with Gasteiger partial charge in [0.1, 0.15) is 18.2 Å². The minimum Gasteiger partial charge on any atom is -0.362 e. The van der Waals surface area contributed by atoms with Gasteiger partial charge in [0.15, 0.2) is 0 Å². The Morgan fingerprint density at radius 1 is 1.14 bits per heavy atom. The second-order valence-electron chi connectivity index (χ2n) is 10.4. The van der Waals surface area contributed by atoms with Crippen LogP contribution in [-0.2, 0) is 11.5 Å². The number of benzene rings is 1. The molecule has 0 radical (unpaired) electrons. The molecule has 0 aliphatic carbocycles. The molecule has 0 aliphatic heterocycles. The van der Waals surface area contributed by atoms with Crippen LogP contribution >= 0.6 is 0 Å². The molecule has 0 saturated carbocycles. The zero-order valence-electron chi connectivity index (χ0n) is 21.3. The second kappa shape index (κ2) is 9.76. The zero-order chi connectivity index (χ0) is 25.3. The van der Waals surface area contributed by atoms with E-state index in [0.717, 1.165) is 34.1 Å². The van der Waals surface area contributed by atoms with E-state index in [0.29, 0.717) is 30.4 Å². The van der Waals surface area contributed by atoms with E-state index in [9.17, 15) is 4.39 Å². The summed E-state index contributed by atoms with van der Waals surface area (Å²) < 4.78 is 23.9. The first-order valence-corrected chi connectivity index (χ1v) is 15.6. The van der Waals surface area contributed by atoms with Gasteiger partial charge < -0.3 is 9.58 Å². The number of rotatable bonds is 8. The van der Waals surface area contributed by atoms with Crippen molar-refractivity contribution in [1.29, 1.82) is 0 Å². The normalized spacial score (nSPS) is 12.0. The fourth-order valence-electron chi connectivity index (χ4n) is 4.17. The highest BCUT2D eigenvalue weighted by Crippen LogP contribution is 2.39. The summed E-state index contributed by atoms with van der Waals surface area (Å²) in [5, 5.41) is 4.99. The number of pyridine rings is 1. The molecule has 0 N–H and O–H groups in total. The molecule has 35 heavy (non-hydrogen) atoms. The average molecular weight is 490 g/mol. The first kappa shape index (κ1) is 24.8. The number of ether oxygens (including phenoxy) is 1. The van der Waals surface area contributed by atoms with Crippen molar-refractivity contribution in [1.82, 2.24) is 19.2 Å². The molecule has 0 atom stereocenters. The highest BCUT2D eigenvalue weighted by Gasteiger charge is 2.25. The number of fused-ring (bicyclic) bond motifs is 1. The van der Waals surface area contributed by atoms with E-state index in [1.165, 1.54) is 6.07 Å². The van der Waals surface area contributed by atoms with Crippen molar-refractivity contribution in [2.45, 2.75) is 59.1 Å². The van der Waals surface area contributed by atoms with Gasteiger partial charge in [0.2, 0.25) is 5.65 Å². The van der Waals surface area contributed by atoms with E-state index in [1.54, 1.807) is 23.6 Å². The van der Waals surface area contributed by atoms with Crippen LogP contribution in [0, 0.1) is 19.3 Å². The summed E-state index contributed by atoms with van der Waals surface area (Å²) in [7, 11) is -1.21. The summed E-state index contributed by atoms with van der Waals surface area (Å²) in [5.74, 6) is 0.372. The van der Waals surface area contributed by atoms with Crippen LogP contribution in [0.25, 0.3) is 32.9 Å². The fraction of sp³-hybridized carbons (Fsp3) is 0.370. The zero-order valence-corrected chi connectivity index (χ0v) is 22.3. The lowest BCUT2D eigenvalue weighted by molar-refractivity contribution is 0.0761. The number of hydrogen-bond acceptors (Lipinski definition) is 3. The van der Waals surface area contributed by atoms with E-state index in [2.05, 4.69) is 43.3 Å². The molecule has 1 aromatic carbocycles. The van der Waals surface area contributed by atoms with Crippen molar-refractivity contribution in [3.05, 3.63) is 71.2 Å². The minimum absolute atomic E-state index is 0.159. The van der Waals surface area contributed by atoms with Crippen molar-refractivity contribution in [3.8, 4) is 22.4 Å². The van der Waals surface area contributed by atoms with E-state index in [1.807, 2.05) is 29.1 Å². The predicted molar refractivity (Wildman–Crippen MR) is 141 cm³/mol. The molecular formula is C27H32FN5OSi. The van der Waals surface area contributed by atoms with Crippen LogP contribution in [0.5, 0.6) is 0 Å². The maximum Gasteiger partial charge on any atom is 0.254 e. The standard InChI is InChI=1S/C27H32FN5OSi/c1-18(2)27-25(21-9-11-23-30-15-24(29-4)32(23)16-21)26(20-8-10-22(28)19(3)14-20)31-33(27)17-34-12-13-35(5,6)7/h8-11,14-16,18H,12-13,17H2,1-3,5-7H3. The Bertz CT molecular complexity index is 1410. The first-order chi connectivity index (χ1) is 16.6. The van der Waals surface area contributed by atoms with Gasteiger partial charge in [-0.25, -0.2) is 18.5 Å². The van der Waals surface area contributed by atoms with E-state index in [-0.39, 0.29) is 11.7 Å². The Labute approximate surface area is 207 Å². The lowest BCUT2D eigenvalue weighted by Crippen LogP contribution is -2.22. The molecule has 4 aromatic rings. The van der Waals surface area contributed by atoms with Gasteiger partial charge in [0, 0.05) is 37.4 Å². The lowest BCUT2D eigenvalue weighted by atomic mass is 9.95. The van der Waals surface area contributed by atoms with Crippen LogP contribution in [0.1, 0.15) is 31.0 Å². The van der Waals surface area contributed by atoms with Crippen molar-refractivity contribution in [3.63, 3.8) is 0 Å². The highest BCUT2D eigenvalue weighted by molar-refractivity contribution is 6.76. The molecule has 0 bridgehead atoms. The Morgan fingerprint density at radius 2 is 1.89 bits per heavy atom. The second-order valence-corrected chi connectivity index (χ2v) is 16.1. The molecule has 6 nitrogen and oxygen atoms in total. The van der Waals surface area contributed by atoms with Gasteiger partial charge in [-0.3, -0.25) is 0 Å². The number of aryl methyl sites for hydroxylation is 1. The Hall–Kier alpha value is -3.28. The quantitative estimate of drug-likeness (QED) is 0.148. The summed E-state index contributed by atoms with van der Waals surface area (Å²) in [6.45, 7) is 21.6. The highest BCUT2D eigenvalue weighted by atomic mass is 28.3. The summed E-state index contributed by atoms with van der Waals surface area (Å²) in [6.07, 6.45) is 3.52. The third-order valence-corrected chi connectivity index (χ3v) is 7.77. The summed E-state index contributed by atoms with van der Waals surface area (Å²) >= 11 is 0. The largest absolute Gasteiger partial charge is 0.362 e. The monoisotopic (exact) mass is 489 g/mol. The fourth-order valence-corrected chi connectivity index (χ4v) is 4.92. The lowest BCUT2D eigenvalue weighted by Gasteiger charge is -2.17. The first-order valence-electron chi connectivity index (χ1n) is 11.9. The third-order valence-electron chi connectivity index (χ3n) is 6.07. The van der Waals surface area contributed by atoms with Crippen LogP contribution < -0.4 is 0 Å². The summed E-state index contributed by atoms with van der Waals surface area (Å²) in [6, 6.07) is 10.1. The molecule has 8 heteroatoms. The third kappa shape index (κ3) is 5.21. The van der Waals surface area contributed by atoms with Gasteiger partial charge in [-0.15, -0.1) is 0 Å². The van der Waals surface area contributed by atoms with Crippen LogP contribution in [0.4, 0.5) is 10.2 Å². The number of aromatic nitrogens is 4. The van der Waals surface area contributed by atoms with Crippen molar-refractivity contribution >= 4 is 19.5 Å². The number of hydrogen-bond donors (Lipinski definition) is 0. The van der Waals surface area contributed by atoms with Gasteiger partial charge in [0.05, 0.1) is 18.1 Å². The van der Waals surface area contributed by atoms with Gasteiger partial charge in [-0.2, -0.15) is 5.10 Å². The summed E-state index contributed by atoms with van der Waals surface area (Å²) in [4.78, 5) is 7.93. The molecule has 0 unspecified atom stereocenters. The smallest absolute Gasteiger partial charge is 0.254 e. The van der Waals surface area contributed by atoms with Crippen LogP contribution in [-0.4, -0.2) is 33.8 Å². The molecule has 182 valence electrons. The number of imidazole rings is 1. The SMILES string of the molecule is [C-]#[N+]c1cnc2ccc(-c3c(-c4ccc(F)c(C)c4)nn(COCC[Si](C)(C)C)c3C(C)C)cn12. The molecular weight excluding hydrogens is 457 g/mol. The number of halogens is 1. The molecule has 0 amide bonds. The molecule has 4 rings (SSSR count). The Balaban J connectivity index is 1.87. The Kier molecular flexibility index (Phi) is 6.92. The molecule has 0 spiro atoms. The maximum atomic E-state index is 14.1. The summed E-state index contributed by atoms with van der Waals surface area (Å²) in [5.41, 5.74) is 5.83. The van der Waals surface area contributed by atoms with Gasteiger partial charge in [-0.1, -0.05) is 40.1 Å². The maximum absolute atomic E-state index is 14.1. The molecule has 0 aliphatic rings. The average Bonchev–Trinajstić information content (AvgIpc) is 3.38. The van der Waals surface area contributed by atoms with Gasteiger partial charge in [0.25, 0.3) is 5.82 Å². The van der Waals surface area contributed by atoms with E-state index < -0.39 is 8.07 Å². The van der Waals surface area contributed by atoms with Gasteiger partial charge >= 0.3 is 0 Å².